The predicted molar refractivity (Wildman–Crippen MR) is 106 cm³/mol. The SMILES string of the molecule is CS(=O)(=O)c1ccc(NC2CCCN(c3ccc(C#N)cc3F)C2)c([N+](=O)[O-])c1. The van der Waals surface area contributed by atoms with E-state index >= 15 is 0 Å². The first-order valence-corrected chi connectivity index (χ1v) is 10.8. The largest absolute Gasteiger partial charge is 0.375 e. The molecule has 2 aromatic carbocycles. The van der Waals surface area contributed by atoms with Crippen molar-refractivity contribution in [2.45, 2.75) is 23.8 Å². The molecule has 1 atom stereocenters. The molecule has 0 aromatic heterocycles. The molecule has 1 unspecified atom stereocenters. The summed E-state index contributed by atoms with van der Waals surface area (Å²) in [5, 5.41) is 23.4. The van der Waals surface area contributed by atoms with Crippen LogP contribution in [0.2, 0.25) is 0 Å². The molecular weight excluding hydrogens is 399 g/mol. The first-order valence-electron chi connectivity index (χ1n) is 8.88. The Bertz CT molecular complexity index is 1100. The van der Waals surface area contributed by atoms with Gasteiger partial charge in [-0.15, -0.1) is 0 Å². The average molecular weight is 418 g/mol. The van der Waals surface area contributed by atoms with Crippen LogP contribution in [-0.4, -0.2) is 38.7 Å². The van der Waals surface area contributed by atoms with Crippen LogP contribution in [0.1, 0.15) is 18.4 Å². The zero-order chi connectivity index (χ0) is 21.2. The number of nitrogens with zero attached hydrogens (tertiary/aromatic N) is 3. The number of anilines is 2. The maximum atomic E-state index is 14.3. The summed E-state index contributed by atoms with van der Waals surface area (Å²) >= 11 is 0. The number of nitro benzene ring substituents is 1. The smallest absolute Gasteiger partial charge is 0.293 e. The van der Waals surface area contributed by atoms with E-state index in [-0.39, 0.29) is 27.9 Å². The molecule has 152 valence electrons. The zero-order valence-corrected chi connectivity index (χ0v) is 16.4. The third kappa shape index (κ3) is 4.63. The molecule has 0 saturated carbocycles. The standard InChI is InChI=1S/C19H19FN4O4S/c1-29(27,28)15-5-6-17(19(10-15)24(25)26)22-14-3-2-8-23(12-14)18-7-4-13(11-21)9-16(18)20/h4-7,9-10,14,22H,2-3,8,12H2,1H3. The van der Waals surface area contributed by atoms with Crippen molar-refractivity contribution in [2.75, 3.05) is 29.6 Å². The molecule has 0 aliphatic carbocycles. The van der Waals surface area contributed by atoms with Crippen LogP contribution in [0.5, 0.6) is 0 Å². The highest BCUT2D eigenvalue weighted by Crippen LogP contribution is 2.30. The van der Waals surface area contributed by atoms with Gasteiger partial charge in [0.1, 0.15) is 11.5 Å². The summed E-state index contributed by atoms with van der Waals surface area (Å²) in [7, 11) is -3.57. The highest BCUT2D eigenvalue weighted by atomic mass is 32.2. The molecule has 1 saturated heterocycles. The Labute approximate surface area is 167 Å². The fourth-order valence-electron chi connectivity index (χ4n) is 3.38. The summed E-state index contributed by atoms with van der Waals surface area (Å²) in [6, 6.07) is 9.73. The van der Waals surface area contributed by atoms with Crippen molar-refractivity contribution < 1.29 is 17.7 Å². The maximum absolute atomic E-state index is 14.3. The summed E-state index contributed by atoms with van der Waals surface area (Å²) in [5.74, 6) is -0.492. The molecule has 1 aliphatic heterocycles. The van der Waals surface area contributed by atoms with E-state index in [2.05, 4.69) is 5.32 Å². The van der Waals surface area contributed by atoms with E-state index in [0.29, 0.717) is 18.8 Å². The van der Waals surface area contributed by atoms with Gasteiger partial charge in [-0.2, -0.15) is 5.26 Å². The summed E-state index contributed by atoms with van der Waals surface area (Å²) in [6.45, 7) is 1.03. The number of nitro groups is 1. The van der Waals surface area contributed by atoms with Crippen molar-refractivity contribution in [3.63, 3.8) is 0 Å². The minimum absolute atomic E-state index is 0.125. The van der Waals surface area contributed by atoms with E-state index in [1.165, 1.54) is 18.2 Å². The minimum atomic E-state index is -3.57. The molecule has 8 nitrogen and oxygen atoms in total. The fraction of sp³-hybridized carbons (Fsp3) is 0.316. The lowest BCUT2D eigenvalue weighted by Crippen LogP contribution is -2.42. The van der Waals surface area contributed by atoms with E-state index in [9.17, 15) is 22.9 Å². The number of hydrogen-bond donors (Lipinski definition) is 1. The Morgan fingerprint density at radius 1 is 1.31 bits per heavy atom. The molecule has 1 fully saturated rings. The molecule has 1 heterocycles. The number of sulfone groups is 1. The second kappa shape index (κ2) is 8.05. The lowest BCUT2D eigenvalue weighted by atomic mass is 10.0. The number of halogens is 1. The Balaban J connectivity index is 1.82. The number of nitriles is 1. The lowest BCUT2D eigenvalue weighted by molar-refractivity contribution is -0.384. The molecule has 0 radical (unpaired) electrons. The van der Waals surface area contributed by atoms with Crippen molar-refractivity contribution >= 4 is 26.9 Å². The van der Waals surface area contributed by atoms with Crippen LogP contribution in [-0.2, 0) is 9.84 Å². The van der Waals surface area contributed by atoms with Gasteiger partial charge in [0, 0.05) is 31.5 Å². The second-order valence-corrected chi connectivity index (χ2v) is 8.93. The fourth-order valence-corrected chi connectivity index (χ4v) is 4.02. The number of rotatable bonds is 5. The first-order chi connectivity index (χ1) is 13.7. The van der Waals surface area contributed by atoms with Crippen molar-refractivity contribution in [1.82, 2.24) is 0 Å². The Hall–Kier alpha value is -3.19. The molecule has 29 heavy (non-hydrogen) atoms. The van der Waals surface area contributed by atoms with E-state index in [0.717, 1.165) is 25.2 Å². The molecule has 0 amide bonds. The van der Waals surface area contributed by atoms with Crippen LogP contribution in [0.3, 0.4) is 0 Å². The number of hydrogen-bond acceptors (Lipinski definition) is 7. The van der Waals surface area contributed by atoms with Crippen molar-refractivity contribution in [3.8, 4) is 6.07 Å². The van der Waals surface area contributed by atoms with Crippen molar-refractivity contribution in [2.24, 2.45) is 0 Å². The maximum Gasteiger partial charge on any atom is 0.293 e. The lowest BCUT2D eigenvalue weighted by Gasteiger charge is -2.35. The van der Waals surface area contributed by atoms with Gasteiger partial charge in [0.25, 0.3) is 5.69 Å². The van der Waals surface area contributed by atoms with Crippen LogP contribution >= 0.6 is 0 Å². The van der Waals surface area contributed by atoms with Gasteiger partial charge in [0.05, 0.1) is 27.1 Å². The van der Waals surface area contributed by atoms with Crippen LogP contribution in [0.15, 0.2) is 41.3 Å². The molecule has 10 heteroatoms. The number of benzene rings is 2. The number of nitrogens with one attached hydrogen (secondary N) is 1. The highest BCUT2D eigenvalue weighted by molar-refractivity contribution is 7.90. The quantitative estimate of drug-likeness (QED) is 0.586. The Kier molecular flexibility index (Phi) is 5.70. The van der Waals surface area contributed by atoms with Crippen LogP contribution in [0.4, 0.5) is 21.5 Å². The van der Waals surface area contributed by atoms with Gasteiger partial charge < -0.3 is 10.2 Å². The molecule has 2 aromatic rings. The van der Waals surface area contributed by atoms with Crippen LogP contribution < -0.4 is 10.2 Å². The summed E-state index contributed by atoms with van der Waals surface area (Å²) in [6.07, 6.45) is 2.45. The first kappa shape index (κ1) is 20.5. The van der Waals surface area contributed by atoms with Gasteiger partial charge in [0.15, 0.2) is 9.84 Å². The summed E-state index contributed by atoms with van der Waals surface area (Å²) in [5.41, 5.74) is 0.501. The molecule has 0 bridgehead atoms. The minimum Gasteiger partial charge on any atom is -0.375 e. The topological polar surface area (TPSA) is 116 Å². The van der Waals surface area contributed by atoms with Crippen LogP contribution in [0, 0.1) is 27.3 Å². The number of piperidine rings is 1. The van der Waals surface area contributed by atoms with Gasteiger partial charge in [-0.25, -0.2) is 12.8 Å². The third-order valence-corrected chi connectivity index (χ3v) is 5.90. The molecule has 1 N–H and O–H groups in total. The van der Waals surface area contributed by atoms with E-state index in [4.69, 9.17) is 5.26 Å². The van der Waals surface area contributed by atoms with Crippen LogP contribution in [0.25, 0.3) is 0 Å². The second-order valence-electron chi connectivity index (χ2n) is 6.92. The van der Waals surface area contributed by atoms with Gasteiger partial charge >= 0.3 is 0 Å². The molecule has 3 rings (SSSR count). The third-order valence-electron chi connectivity index (χ3n) is 4.79. The van der Waals surface area contributed by atoms with E-state index < -0.39 is 20.6 Å². The predicted octanol–water partition coefficient (Wildman–Crippen LogP) is 3.09. The van der Waals surface area contributed by atoms with E-state index in [1.807, 2.05) is 11.0 Å². The van der Waals surface area contributed by atoms with Gasteiger partial charge in [0.2, 0.25) is 0 Å². The Morgan fingerprint density at radius 2 is 2.07 bits per heavy atom. The summed E-state index contributed by atoms with van der Waals surface area (Å²) < 4.78 is 37.7. The molecular formula is C19H19FN4O4S. The molecule has 0 spiro atoms. The summed E-state index contributed by atoms with van der Waals surface area (Å²) in [4.78, 5) is 12.5. The monoisotopic (exact) mass is 418 g/mol. The van der Waals surface area contributed by atoms with Gasteiger partial charge in [-0.05, 0) is 43.2 Å². The average Bonchev–Trinajstić information content (AvgIpc) is 2.67. The zero-order valence-electron chi connectivity index (χ0n) is 15.6. The van der Waals surface area contributed by atoms with Crippen molar-refractivity contribution in [3.05, 3.63) is 57.9 Å². The molecule has 1 aliphatic rings. The Morgan fingerprint density at radius 3 is 2.69 bits per heavy atom. The van der Waals surface area contributed by atoms with E-state index in [1.54, 1.807) is 12.1 Å². The van der Waals surface area contributed by atoms with Gasteiger partial charge in [-0.3, -0.25) is 10.1 Å². The van der Waals surface area contributed by atoms with Crippen molar-refractivity contribution in [1.29, 1.82) is 5.26 Å². The highest BCUT2D eigenvalue weighted by Gasteiger charge is 2.25. The normalized spacial score (nSPS) is 16.9. The van der Waals surface area contributed by atoms with Gasteiger partial charge in [-0.1, -0.05) is 0 Å².